The van der Waals surface area contributed by atoms with Gasteiger partial charge in [0.25, 0.3) is 5.91 Å². The van der Waals surface area contributed by atoms with Crippen molar-refractivity contribution in [3.8, 4) is 11.3 Å². The summed E-state index contributed by atoms with van der Waals surface area (Å²) in [5.74, 6) is -1.66. The molecule has 0 saturated carbocycles. The molecule has 0 unspecified atom stereocenters. The van der Waals surface area contributed by atoms with Crippen molar-refractivity contribution in [2.24, 2.45) is 0 Å². The number of amides is 1. The number of hydrogen-bond acceptors (Lipinski definition) is 6. The number of nitrogens with zero attached hydrogens (tertiary/aromatic N) is 1. The van der Waals surface area contributed by atoms with Crippen LogP contribution in [0.15, 0.2) is 82.6 Å². The molecule has 1 aromatic heterocycles. The Kier molecular flexibility index (Phi) is 7.52. The number of halogens is 2. The number of anilines is 1. The largest absolute Gasteiger partial charge is 0.452 e. The van der Waals surface area contributed by atoms with E-state index in [0.29, 0.717) is 21.4 Å². The lowest BCUT2D eigenvalue weighted by molar-refractivity contribution is -0.119. The van der Waals surface area contributed by atoms with Crippen molar-refractivity contribution in [1.29, 1.82) is 0 Å². The maximum Gasteiger partial charge on any atom is 0.339 e. The Morgan fingerprint density at radius 1 is 0.971 bits per heavy atom. The summed E-state index contributed by atoms with van der Waals surface area (Å²) in [6, 6.07) is 20.3. The van der Waals surface area contributed by atoms with Crippen molar-refractivity contribution in [3.05, 3.63) is 104 Å². The highest BCUT2D eigenvalue weighted by Crippen LogP contribution is 2.27. The van der Waals surface area contributed by atoms with Gasteiger partial charge in [-0.05, 0) is 42.5 Å². The second kappa shape index (κ2) is 10.7. The van der Waals surface area contributed by atoms with Crippen LogP contribution in [0, 0.1) is 0 Å². The van der Waals surface area contributed by atoms with Crippen molar-refractivity contribution < 1.29 is 19.1 Å². The van der Waals surface area contributed by atoms with Crippen LogP contribution >= 0.6 is 38.9 Å². The van der Waals surface area contributed by atoms with E-state index in [2.05, 4.69) is 26.2 Å². The van der Waals surface area contributed by atoms with Gasteiger partial charge in [-0.3, -0.25) is 14.9 Å². The Bertz CT molecular complexity index is 1370. The van der Waals surface area contributed by atoms with Crippen molar-refractivity contribution in [1.82, 2.24) is 4.98 Å². The van der Waals surface area contributed by atoms with Crippen LogP contribution < -0.4 is 5.32 Å². The van der Waals surface area contributed by atoms with Gasteiger partial charge in [0.1, 0.15) is 0 Å². The number of carbonyl (C=O) groups excluding carboxylic acids is 3. The smallest absolute Gasteiger partial charge is 0.339 e. The van der Waals surface area contributed by atoms with E-state index in [1.165, 1.54) is 23.5 Å². The monoisotopic (exact) mass is 554 g/mol. The van der Waals surface area contributed by atoms with Gasteiger partial charge in [-0.15, -0.1) is 11.3 Å². The molecular formula is C25H16BrClN2O4S. The highest BCUT2D eigenvalue weighted by molar-refractivity contribution is 9.10. The van der Waals surface area contributed by atoms with E-state index in [4.69, 9.17) is 16.3 Å². The molecule has 3 aromatic carbocycles. The first-order chi connectivity index (χ1) is 16.4. The maximum atomic E-state index is 12.9. The zero-order chi connectivity index (χ0) is 24.1. The molecule has 0 fully saturated rings. The molecular weight excluding hydrogens is 540 g/mol. The molecule has 0 aliphatic carbocycles. The van der Waals surface area contributed by atoms with Crippen LogP contribution in [0.2, 0.25) is 5.02 Å². The molecule has 170 valence electrons. The first-order valence-electron chi connectivity index (χ1n) is 9.98. The average Bonchev–Trinajstić information content (AvgIpc) is 3.31. The van der Waals surface area contributed by atoms with E-state index < -0.39 is 18.5 Å². The van der Waals surface area contributed by atoms with Gasteiger partial charge in [-0.25, -0.2) is 9.78 Å². The van der Waals surface area contributed by atoms with Crippen LogP contribution in [-0.2, 0) is 9.53 Å². The molecule has 6 nitrogen and oxygen atoms in total. The third-order valence-corrected chi connectivity index (χ3v) is 6.21. The molecule has 0 bridgehead atoms. The minimum atomic E-state index is -0.776. The van der Waals surface area contributed by atoms with E-state index in [0.717, 1.165) is 10.0 Å². The lowest BCUT2D eigenvalue weighted by atomic mass is 9.98. The van der Waals surface area contributed by atoms with Crippen molar-refractivity contribution in [2.75, 3.05) is 11.9 Å². The number of aromatic nitrogens is 1. The molecule has 0 aliphatic heterocycles. The van der Waals surface area contributed by atoms with Gasteiger partial charge in [0, 0.05) is 31.6 Å². The van der Waals surface area contributed by atoms with E-state index in [1.54, 1.807) is 36.4 Å². The third kappa shape index (κ3) is 5.77. The standard InChI is InChI=1S/C25H16BrClN2O4S/c26-17-5-3-4-16(12-17)21-14-34-25(28-21)29-22(30)13-33-24(32)20-7-2-1-6-19(20)23(31)15-8-10-18(27)11-9-15/h1-12,14H,13H2,(H,28,29,30). The fraction of sp³-hybridized carbons (Fsp3) is 0.0400. The molecule has 0 aliphatic rings. The molecule has 0 atom stereocenters. The Hall–Kier alpha value is -3.33. The highest BCUT2D eigenvalue weighted by atomic mass is 79.9. The molecule has 0 spiro atoms. The molecule has 1 heterocycles. The molecule has 1 amide bonds. The topological polar surface area (TPSA) is 85.4 Å². The van der Waals surface area contributed by atoms with Gasteiger partial charge in [0.05, 0.1) is 11.3 Å². The SMILES string of the molecule is O=C(COC(=O)c1ccccc1C(=O)c1ccc(Cl)cc1)Nc1nc(-c2cccc(Br)c2)cs1. The summed E-state index contributed by atoms with van der Waals surface area (Å²) in [6.07, 6.45) is 0. The lowest BCUT2D eigenvalue weighted by Gasteiger charge is -2.09. The van der Waals surface area contributed by atoms with Crippen LogP contribution in [0.1, 0.15) is 26.3 Å². The predicted molar refractivity (Wildman–Crippen MR) is 135 cm³/mol. The van der Waals surface area contributed by atoms with E-state index >= 15 is 0 Å². The van der Waals surface area contributed by atoms with Crippen LogP contribution in [0.4, 0.5) is 5.13 Å². The van der Waals surface area contributed by atoms with Gasteiger partial charge in [-0.1, -0.05) is 57.9 Å². The van der Waals surface area contributed by atoms with Gasteiger partial charge >= 0.3 is 5.97 Å². The summed E-state index contributed by atoms with van der Waals surface area (Å²) in [7, 11) is 0. The molecule has 0 radical (unpaired) electrons. The minimum Gasteiger partial charge on any atom is -0.452 e. The van der Waals surface area contributed by atoms with E-state index in [-0.39, 0.29) is 16.9 Å². The van der Waals surface area contributed by atoms with Crippen molar-refractivity contribution in [2.45, 2.75) is 0 Å². The number of ketones is 1. The van der Waals surface area contributed by atoms with Gasteiger partial charge in [0.15, 0.2) is 17.5 Å². The van der Waals surface area contributed by atoms with Gasteiger partial charge in [-0.2, -0.15) is 0 Å². The second-order valence-electron chi connectivity index (χ2n) is 7.05. The average molecular weight is 556 g/mol. The van der Waals surface area contributed by atoms with Crippen molar-refractivity contribution in [3.63, 3.8) is 0 Å². The van der Waals surface area contributed by atoms with Gasteiger partial charge < -0.3 is 4.74 Å². The summed E-state index contributed by atoms with van der Waals surface area (Å²) in [5.41, 5.74) is 2.25. The van der Waals surface area contributed by atoms with Crippen LogP contribution in [-0.4, -0.2) is 29.3 Å². The molecule has 0 saturated heterocycles. The number of nitrogens with one attached hydrogen (secondary N) is 1. The highest BCUT2D eigenvalue weighted by Gasteiger charge is 2.20. The first kappa shape index (κ1) is 23.8. The maximum absolute atomic E-state index is 12.9. The van der Waals surface area contributed by atoms with Gasteiger partial charge in [0.2, 0.25) is 0 Å². The number of thiazole rings is 1. The molecule has 4 rings (SSSR count). The summed E-state index contributed by atoms with van der Waals surface area (Å²) >= 11 is 10.6. The number of rotatable bonds is 7. The fourth-order valence-electron chi connectivity index (χ4n) is 3.09. The Morgan fingerprint density at radius 2 is 1.71 bits per heavy atom. The number of ether oxygens (including phenoxy) is 1. The van der Waals surface area contributed by atoms with Crippen LogP contribution in [0.25, 0.3) is 11.3 Å². The number of esters is 1. The summed E-state index contributed by atoms with van der Waals surface area (Å²) in [5, 5.41) is 5.33. The van der Waals surface area contributed by atoms with E-state index in [1.807, 2.05) is 29.6 Å². The fourth-order valence-corrected chi connectivity index (χ4v) is 4.35. The Labute approximate surface area is 212 Å². The third-order valence-electron chi connectivity index (χ3n) is 4.70. The number of carbonyl (C=O) groups is 3. The zero-order valence-electron chi connectivity index (χ0n) is 17.5. The second-order valence-corrected chi connectivity index (χ2v) is 9.26. The summed E-state index contributed by atoms with van der Waals surface area (Å²) in [6.45, 7) is -0.520. The normalized spacial score (nSPS) is 10.5. The molecule has 1 N–H and O–H groups in total. The van der Waals surface area contributed by atoms with Crippen molar-refractivity contribution >= 4 is 61.7 Å². The Balaban J connectivity index is 1.39. The van der Waals surface area contributed by atoms with Crippen LogP contribution in [0.3, 0.4) is 0 Å². The number of benzene rings is 3. The molecule has 4 aromatic rings. The minimum absolute atomic E-state index is 0.0708. The summed E-state index contributed by atoms with van der Waals surface area (Å²) in [4.78, 5) is 42.2. The number of hydrogen-bond donors (Lipinski definition) is 1. The predicted octanol–water partition coefficient (Wildman–Crippen LogP) is 6.25. The molecule has 34 heavy (non-hydrogen) atoms. The van der Waals surface area contributed by atoms with E-state index in [9.17, 15) is 14.4 Å². The van der Waals surface area contributed by atoms with Crippen LogP contribution in [0.5, 0.6) is 0 Å². The first-order valence-corrected chi connectivity index (χ1v) is 12.0. The lowest BCUT2D eigenvalue weighted by Crippen LogP contribution is -2.22. The quantitative estimate of drug-likeness (QED) is 0.215. The Morgan fingerprint density at radius 3 is 2.44 bits per heavy atom. The molecule has 9 heteroatoms. The zero-order valence-corrected chi connectivity index (χ0v) is 20.6. The summed E-state index contributed by atoms with van der Waals surface area (Å²) < 4.78 is 6.08.